The Balaban J connectivity index is 0.00000364. The number of likely N-dealkylation sites (N-methyl/N-ethyl adjacent to an activating group) is 1. The molecule has 2 rings (SSSR count). The van der Waals surface area contributed by atoms with Crippen molar-refractivity contribution in [2.45, 2.75) is 38.9 Å². The lowest BCUT2D eigenvalue weighted by atomic mass is 10.1. The zero-order chi connectivity index (χ0) is 19.3. The molecular weight excluding hydrogens is 456 g/mol. The maximum absolute atomic E-state index is 13.2. The molecule has 1 heterocycles. The molecule has 27 heavy (non-hydrogen) atoms. The van der Waals surface area contributed by atoms with Gasteiger partial charge in [-0.05, 0) is 51.6 Å². The minimum Gasteiger partial charge on any atom is -0.354 e. The topological polar surface area (TPSA) is 42.9 Å². The normalized spacial score (nSPS) is 22.0. The zero-order valence-electron chi connectivity index (χ0n) is 17.4. The number of hydrogen-bond donors (Lipinski definition) is 2. The van der Waals surface area contributed by atoms with Crippen LogP contribution in [0.2, 0.25) is 0 Å². The van der Waals surface area contributed by atoms with Gasteiger partial charge >= 0.3 is 0 Å². The molecule has 0 aromatic heterocycles. The van der Waals surface area contributed by atoms with Crippen LogP contribution in [0.5, 0.6) is 0 Å². The Kier molecular flexibility index (Phi) is 9.97. The van der Waals surface area contributed by atoms with Crippen LogP contribution in [0.1, 0.15) is 32.4 Å². The van der Waals surface area contributed by atoms with E-state index < -0.39 is 0 Å². The predicted molar refractivity (Wildman–Crippen MR) is 122 cm³/mol. The summed E-state index contributed by atoms with van der Waals surface area (Å²) in [5.74, 6) is 1.20. The van der Waals surface area contributed by atoms with E-state index in [-0.39, 0.29) is 35.8 Å². The van der Waals surface area contributed by atoms with Crippen LogP contribution < -0.4 is 10.6 Å². The molecule has 1 aliphatic rings. The zero-order valence-corrected chi connectivity index (χ0v) is 19.7. The molecule has 5 nitrogen and oxygen atoms in total. The standard InChI is InChI=1S/C20H34FN5.HI/c1-14(2)26-12-15(3)18(13-26)24-20(22-4)23-11-19(25(5)6)16-7-9-17(21)10-8-16;/h7-10,14-15,18-19H,11-13H2,1-6H3,(H2,22,23,24);1H. The number of nitrogens with one attached hydrogen (secondary N) is 2. The third-order valence-corrected chi connectivity index (χ3v) is 5.26. The van der Waals surface area contributed by atoms with Gasteiger partial charge in [-0.2, -0.15) is 0 Å². The first-order valence-electron chi connectivity index (χ1n) is 9.45. The number of rotatable bonds is 6. The molecule has 3 unspecified atom stereocenters. The highest BCUT2D eigenvalue weighted by molar-refractivity contribution is 14.0. The van der Waals surface area contributed by atoms with Crippen molar-refractivity contribution in [3.05, 3.63) is 35.6 Å². The van der Waals surface area contributed by atoms with Crippen LogP contribution in [0.3, 0.4) is 0 Å². The maximum atomic E-state index is 13.2. The lowest BCUT2D eigenvalue weighted by Gasteiger charge is -2.27. The van der Waals surface area contributed by atoms with Gasteiger partial charge in [0.2, 0.25) is 0 Å². The summed E-state index contributed by atoms with van der Waals surface area (Å²) in [4.78, 5) is 9.02. The van der Waals surface area contributed by atoms with Crippen molar-refractivity contribution < 1.29 is 4.39 Å². The molecule has 1 fully saturated rings. The van der Waals surface area contributed by atoms with Crippen LogP contribution in [0.15, 0.2) is 29.3 Å². The molecule has 0 saturated carbocycles. The number of nitrogens with zero attached hydrogens (tertiary/aromatic N) is 3. The van der Waals surface area contributed by atoms with Gasteiger partial charge in [0, 0.05) is 38.8 Å². The minimum atomic E-state index is -0.207. The summed E-state index contributed by atoms with van der Waals surface area (Å²) in [6.07, 6.45) is 0. The van der Waals surface area contributed by atoms with Crippen molar-refractivity contribution in [2.75, 3.05) is 40.8 Å². The number of likely N-dealkylation sites (tertiary alicyclic amines) is 1. The summed E-state index contributed by atoms with van der Waals surface area (Å²) in [5, 5.41) is 7.01. The van der Waals surface area contributed by atoms with E-state index in [1.54, 1.807) is 7.05 Å². The lowest BCUT2D eigenvalue weighted by molar-refractivity contribution is 0.265. The van der Waals surface area contributed by atoms with Crippen molar-refractivity contribution in [2.24, 2.45) is 10.9 Å². The first kappa shape index (κ1) is 24.1. The van der Waals surface area contributed by atoms with Crippen LogP contribution in [-0.2, 0) is 0 Å². The van der Waals surface area contributed by atoms with Gasteiger partial charge in [-0.15, -0.1) is 24.0 Å². The van der Waals surface area contributed by atoms with E-state index in [1.165, 1.54) is 12.1 Å². The Hall–Kier alpha value is -0.930. The fourth-order valence-corrected chi connectivity index (χ4v) is 3.46. The van der Waals surface area contributed by atoms with Crippen LogP contribution in [-0.4, -0.2) is 68.6 Å². The smallest absolute Gasteiger partial charge is 0.191 e. The first-order valence-corrected chi connectivity index (χ1v) is 9.45. The molecule has 154 valence electrons. The van der Waals surface area contributed by atoms with Gasteiger partial charge in [0.25, 0.3) is 0 Å². The van der Waals surface area contributed by atoms with E-state index >= 15 is 0 Å². The predicted octanol–water partition coefficient (Wildman–Crippen LogP) is 2.94. The van der Waals surface area contributed by atoms with Gasteiger partial charge in [-0.1, -0.05) is 19.1 Å². The van der Waals surface area contributed by atoms with Gasteiger partial charge in [0.15, 0.2) is 5.96 Å². The van der Waals surface area contributed by atoms with Gasteiger partial charge < -0.3 is 15.5 Å². The number of hydrogen-bond acceptors (Lipinski definition) is 3. The van der Waals surface area contributed by atoms with Crippen molar-refractivity contribution in [3.8, 4) is 0 Å². The Morgan fingerprint density at radius 1 is 1.26 bits per heavy atom. The van der Waals surface area contributed by atoms with Gasteiger partial charge in [0.05, 0.1) is 6.04 Å². The minimum absolute atomic E-state index is 0. The molecule has 0 aliphatic carbocycles. The molecule has 1 aromatic carbocycles. The van der Waals surface area contributed by atoms with E-state index in [9.17, 15) is 4.39 Å². The van der Waals surface area contributed by atoms with Gasteiger partial charge in [-0.25, -0.2) is 4.39 Å². The molecule has 0 amide bonds. The van der Waals surface area contributed by atoms with Gasteiger partial charge in [0.1, 0.15) is 5.82 Å². The monoisotopic (exact) mass is 491 g/mol. The molecule has 2 N–H and O–H groups in total. The molecule has 0 spiro atoms. The van der Waals surface area contributed by atoms with E-state index in [0.717, 1.165) is 24.6 Å². The average Bonchev–Trinajstić information content (AvgIpc) is 2.96. The Morgan fingerprint density at radius 2 is 1.89 bits per heavy atom. The molecule has 1 aromatic rings. The highest BCUT2D eigenvalue weighted by Crippen LogP contribution is 2.19. The fraction of sp³-hybridized carbons (Fsp3) is 0.650. The Labute approximate surface area is 180 Å². The van der Waals surface area contributed by atoms with E-state index in [4.69, 9.17) is 0 Å². The second kappa shape index (κ2) is 11.2. The van der Waals surface area contributed by atoms with E-state index in [0.29, 0.717) is 24.5 Å². The largest absolute Gasteiger partial charge is 0.354 e. The summed E-state index contributed by atoms with van der Waals surface area (Å²) in [6.45, 7) is 9.62. The Morgan fingerprint density at radius 3 is 2.37 bits per heavy atom. The third kappa shape index (κ3) is 6.87. The van der Waals surface area contributed by atoms with Crippen molar-refractivity contribution in [3.63, 3.8) is 0 Å². The Bertz CT molecular complexity index is 591. The summed E-state index contributed by atoms with van der Waals surface area (Å²) < 4.78 is 13.2. The molecule has 3 atom stereocenters. The molecule has 7 heteroatoms. The number of halogens is 2. The average molecular weight is 491 g/mol. The van der Waals surface area contributed by atoms with Crippen molar-refractivity contribution in [1.29, 1.82) is 0 Å². The molecular formula is C20H35FIN5. The first-order chi connectivity index (χ1) is 12.3. The quantitative estimate of drug-likeness (QED) is 0.365. The number of benzene rings is 1. The van der Waals surface area contributed by atoms with Gasteiger partial charge in [-0.3, -0.25) is 9.89 Å². The molecule has 1 saturated heterocycles. The summed E-state index contributed by atoms with van der Waals surface area (Å²) in [6, 6.07) is 7.82. The highest BCUT2D eigenvalue weighted by atomic mass is 127. The van der Waals surface area contributed by atoms with Crippen molar-refractivity contribution >= 4 is 29.9 Å². The second-order valence-electron chi connectivity index (χ2n) is 7.76. The van der Waals surface area contributed by atoms with Crippen LogP contribution >= 0.6 is 24.0 Å². The second-order valence-corrected chi connectivity index (χ2v) is 7.76. The van der Waals surface area contributed by atoms with Crippen LogP contribution in [0.25, 0.3) is 0 Å². The summed E-state index contributed by atoms with van der Waals surface area (Å²) in [7, 11) is 5.87. The van der Waals surface area contributed by atoms with E-state index in [2.05, 4.69) is 46.2 Å². The number of guanidine groups is 1. The molecule has 0 radical (unpaired) electrons. The maximum Gasteiger partial charge on any atom is 0.191 e. The fourth-order valence-electron chi connectivity index (χ4n) is 3.46. The summed E-state index contributed by atoms with van der Waals surface area (Å²) in [5.41, 5.74) is 1.08. The molecule has 0 bridgehead atoms. The van der Waals surface area contributed by atoms with Crippen LogP contribution in [0, 0.1) is 11.7 Å². The number of aliphatic imine (C=N–C) groups is 1. The van der Waals surface area contributed by atoms with E-state index in [1.807, 2.05) is 26.2 Å². The SMILES string of the molecule is CN=C(NCC(c1ccc(F)cc1)N(C)C)NC1CN(C(C)C)CC1C.I. The summed E-state index contributed by atoms with van der Waals surface area (Å²) >= 11 is 0. The van der Waals surface area contributed by atoms with Crippen molar-refractivity contribution in [1.82, 2.24) is 20.4 Å². The third-order valence-electron chi connectivity index (χ3n) is 5.26. The highest BCUT2D eigenvalue weighted by Gasteiger charge is 2.31. The molecule has 1 aliphatic heterocycles. The lowest BCUT2D eigenvalue weighted by Crippen LogP contribution is -2.48. The van der Waals surface area contributed by atoms with Crippen LogP contribution in [0.4, 0.5) is 4.39 Å².